The van der Waals surface area contributed by atoms with Gasteiger partial charge in [0, 0.05) is 76.4 Å². The van der Waals surface area contributed by atoms with E-state index in [9.17, 15) is 28.7 Å². The molecule has 1 atom stereocenters. The summed E-state index contributed by atoms with van der Waals surface area (Å²) in [5.41, 5.74) is 2.58. The molecule has 2 aromatic carbocycles. The van der Waals surface area contributed by atoms with Crippen molar-refractivity contribution in [2.75, 3.05) is 39.3 Å². The van der Waals surface area contributed by atoms with Gasteiger partial charge in [-0.1, -0.05) is 17.8 Å². The standard InChI is InChI=1S/C20H22FIN2OS.2C4H4O4/c21-15-2-1-14-11-18(24-7-5-23(6-8-24)9-10-25)17-13-16(22)3-4-19(17)26-20(14)12-15;2*5-3(6)1-2-4(7)8/h1-4,12-13,18,25H,5-11H2;2*1-2H,(H,5,6)(H,7,8). The van der Waals surface area contributed by atoms with Gasteiger partial charge in [0.25, 0.3) is 0 Å². The van der Waals surface area contributed by atoms with Crippen molar-refractivity contribution in [2.24, 2.45) is 0 Å². The van der Waals surface area contributed by atoms with E-state index in [-0.39, 0.29) is 12.4 Å². The summed E-state index contributed by atoms with van der Waals surface area (Å²) in [7, 11) is 0. The second-order valence-electron chi connectivity index (χ2n) is 8.88. The Morgan fingerprint density at radius 3 is 1.88 bits per heavy atom. The summed E-state index contributed by atoms with van der Waals surface area (Å²) in [6.07, 6.45) is 3.14. The minimum Gasteiger partial charge on any atom is -0.478 e. The first-order valence-electron chi connectivity index (χ1n) is 12.5. The molecule has 1 fully saturated rings. The average molecular weight is 717 g/mol. The van der Waals surface area contributed by atoms with E-state index < -0.39 is 23.9 Å². The smallest absolute Gasteiger partial charge is 0.328 e. The minimum atomic E-state index is -1.26. The number of benzene rings is 2. The summed E-state index contributed by atoms with van der Waals surface area (Å²) in [6, 6.07) is 12.1. The third-order valence-electron chi connectivity index (χ3n) is 5.99. The van der Waals surface area contributed by atoms with E-state index in [4.69, 9.17) is 20.4 Å². The highest BCUT2D eigenvalue weighted by atomic mass is 127. The van der Waals surface area contributed by atoms with Crippen molar-refractivity contribution in [3.8, 4) is 0 Å². The minimum absolute atomic E-state index is 0.167. The molecule has 2 heterocycles. The number of carboxylic acid groups (broad SMARTS) is 4. The van der Waals surface area contributed by atoms with Crippen LogP contribution >= 0.6 is 34.4 Å². The summed E-state index contributed by atoms with van der Waals surface area (Å²) in [6.45, 7) is 4.94. The van der Waals surface area contributed by atoms with Crippen LogP contribution in [0.4, 0.5) is 4.39 Å². The van der Waals surface area contributed by atoms with E-state index in [0.29, 0.717) is 30.3 Å². The van der Waals surface area contributed by atoms with Crippen molar-refractivity contribution in [1.82, 2.24) is 9.80 Å². The number of halogens is 2. The molecule has 2 aliphatic heterocycles. The molecular weight excluding hydrogens is 686 g/mol. The molecule has 14 heteroatoms. The van der Waals surface area contributed by atoms with Crippen molar-refractivity contribution >= 4 is 58.2 Å². The lowest BCUT2D eigenvalue weighted by molar-refractivity contribution is -0.134. The van der Waals surface area contributed by atoms with Gasteiger partial charge in [0.1, 0.15) is 5.82 Å². The number of carboxylic acids is 4. The van der Waals surface area contributed by atoms with Crippen LogP contribution in [0.25, 0.3) is 0 Å². The maximum absolute atomic E-state index is 13.8. The summed E-state index contributed by atoms with van der Waals surface area (Å²) < 4.78 is 15.0. The van der Waals surface area contributed by atoms with Crippen LogP contribution in [0, 0.1) is 9.39 Å². The quantitative estimate of drug-likeness (QED) is 0.209. The monoisotopic (exact) mass is 716 g/mol. The predicted molar refractivity (Wildman–Crippen MR) is 160 cm³/mol. The molecule has 0 amide bonds. The molecule has 4 rings (SSSR count). The number of aliphatic carboxylic acids is 4. The maximum Gasteiger partial charge on any atom is 0.328 e. The van der Waals surface area contributed by atoms with Gasteiger partial charge in [0.05, 0.1) is 6.61 Å². The van der Waals surface area contributed by atoms with Gasteiger partial charge in [-0.15, -0.1) is 0 Å². The van der Waals surface area contributed by atoms with Crippen LogP contribution in [-0.2, 0) is 25.6 Å². The van der Waals surface area contributed by atoms with Gasteiger partial charge in [-0.2, -0.15) is 0 Å². The second kappa shape index (κ2) is 17.6. The first kappa shape index (κ1) is 34.9. The fourth-order valence-electron chi connectivity index (χ4n) is 4.15. The fourth-order valence-corrected chi connectivity index (χ4v) is 5.81. The van der Waals surface area contributed by atoms with Crippen molar-refractivity contribution in [3.05, 3.63) is 81.2 Å². The number of hydrogen-bond donors (Lipinski definition) is 5. The molecule has 2 aromatic rings. The summed E-state index contributed by atoms with van der Waals surface area (Å²) in [4.78, 5) is 45.4. The molecule has 5 N–H and O–H groups in total. The van der Waals surface area contributed by atoms with E-state index >= 15 is 0 Å². The molecule has 2 aliphatic rings. The Morgan fingerprint density at radius 1 is 0.833 bits per heavy atom. The van der Waals surface area contributed by atoms with E-state index in [0.717, 1.165) is 44.0 Å². The van der Waals surface area contributed by atoms with Gasteiger partial charge in [-0.3, -0.25) is 9.80 Å². The molecule has 0 bridgehead atoms. The topological polar surface area (TPSA) is 176 Å². The van der Waals surface area contributed by atoms with Crippen molar-refractivity contribution in [2.45, 2.75) is 22.3 Å². The number of nitrogens with zero attached hydrogens (tertiary/aromatic N) is 2. The summed E-state index contributed by atoms with van der Waals surface area (Å²) in [5, 5.41) is 40.4. The average Bonchev–Trinajstić information content (AvgIpc) is 3.08. The number of β-amino-alcohol motifs (C(OH)–C–C–N with tert-alkyl or cyclic N) is 1. The normalized spacial score (nSPS) is 16.7. The molecule has 11 nitrogen and oxygen atoms in total. The molecule has 0 radical (unpaired) electrons. The van der Waals surface area contributed by atoms with Crippen LogP contribution < -0.4 is 0 Å². The van der Waals surface area contributed by atoms with Gasteiger partial charge in [0.2, 0.25) is 0 Å². The molecule has 0 aromatic heterocycles. The molecule has 226 valence electrons. The number of fused-ring (bicyclic) bond motifs is 2. The number of hydrogen-bond acceptors (Lipinski definition) is 8. The number of rotatable bonds is 7. The number of piperazine rings is 1. The highest BCUT2D eigenvalue weighted by molar-refractivity contribution is 14.1. The Bertz CT molecular complexity index is 1260. The third-order valence-corrected chi connectivity index (χ3v) is 7.86. The van der Waals surface area contributed by atoms with Crippen LogP contribution in [0.5, 0.6) is 0 Å². The number of aliphatic hydroxyl groups excluding tert-OH is 1. The first-order chi connectivity index (χ1) is 19.9. The largest absolute Gasteiger partial charge is 0.478 e. The Balaban J connectivity index is 0.000000319. The van der Waals surface area contributed by atoms with E-state index in [1.54, 1.807) is 23.9 Å². The maximum atomic E-state index is 13.8. The highest BCUT2D eigenvalue weighted by Gasteiger charge is 2.30. The Hall–Kier alpha value is -3.31. The summed E-state index contributed by atoms with van der Waals surface area (Å²) >= 11 is 4.06. The lowest BCUT2D eigenvalue weighted by Crippen LogP contribution is -2.48. The highest BCUT2D eigenvalue weighted by Crippen LogP contribution is 2.43. The second-order valence-corrected chi connectivity index (χ2v) is 11.2. The molecule has 1 saturated heterocycles. The van der Waals surface area contributed by atoms with Crippen molar-refractivity contribution in [1.29, 1.82) is 0 Å². The zero-order chi connectivity index (χ0) is 31.2. The van der Waals surface area contributed by atoms with Gasteiger partial charge >= 0.3 is 23.9 Å². The molecule has 0 aliphatic carbocycles. The SMILES string of the molecule is O=C(O)C=CC(=O)O.O=C(O)C=CC(=O)O.OCCN1CCN(C2Cc3ccc(F)cc3Sc3ccc(I)cc32)CC1. The molecule has 0 spiro atoms. The zero-order valence-electron chi connectivity index (χ0n) is 22.2. The third kappa shape index (κ3) is 12.3. The van der Waals surface area contributed by atoms with Crippen LogP contribution in [0.3, 0.4) is 0 Å². The first-order valence-corrected chi connectivity index (χ1v) is 14.4. The van der Waals surface area contributed by atoms with E-state index in [1.807, 2.05) is 6.07 Å². The van der Waals surface area contributed by atoms with Gasteiger partial charge in [0.15, 0.2) is 0 Å². The van der Waals surface area contributed by atoms with Crippen molar-refractivity contribution < 1.29 is 49.1 Å². The number of aliphatic hydroxyl groups is 1. The van der Waals surface area contributed by atoms with Crippen LogP contribution in [-0.4, -0.2) is 98.5 Å². The molecule has 0 saturated carbocycles. The van der Waals surface area contributed by atoms with Crippen LogP contribution in [0.15, 0.2) is 70.5 Å². The zero-order valence-corrected chi connectivity index (χ0v) is 25.2. The van der Waals surface area contributed by atoms with Gasteiger partial charge < -0.3 is 25.5 Å². The Morgan fingerprint density at radius 2 is 1.38 bits per heavy atom. The number of carbonyl (C=O) groups is 4. The van der Waals surface area contributed by atoms with Gasteiger partial charge in [-0.05, 0) is 70.5 Å². The van der Waals surface area contributed by atoms with Gasteiger partial charge in [-0.25, -0.2) is 23.6 Å². The van der Waals surface area contributed by atoms with Crippen LogP contribution in [0.2, 0.25) is 0 Å². The van der Waals surface area contributed by atoms with Crippen molar-refractivity contribution in [3.63, 3.8) is 0 Å². The Labute approximate surface area is 259 Å². The lowest BCUT2D eigenvalue weighted by atomic mass is 9.96. The Kier molecular flexibility index (Phi) is 14.6. The molecule has 1 unspecified atom stereocenters. The predicted octanol–water partition coefficient (Wildman–Crippen LogP) is 3.21. The van der Waals surface area contributed by atoms with Crippen LogP contribution in [0.1, 0.15) is 17.2 Å². The lowest BCUT2D eigenvalue weighted by Gasteiger charge is -2.39. The fraction of sp³-hybridized carbons (Fsp3) is 0.286. The van der Waals surface area contributed by atoms with E-state index in [2.05, 4.69) is 50.6 Å². The summed E-state index contributed by atoms with van der Waals surface area (Å²) in [5.74, 6) is -5.20. The molecule has 42 heavy (non-hydrogen) atoms. The molecular formula is C28H30FIN2O9S. The van der Waals surface area contributed by atoms with E-state index in [1.165, 1.54) is 19.6 Å².